The molecule has 0 bridgehead atoms. The summed E-state index contributed by atoms with van der Waals surface area (Å²) in [6.45, 7) is 4.99. The van der Waals surface area contributed by atoms with Crippen LogP contribution in [0.3, 0.4) is 0 Å². The molecule has 0 radical (unpaired) electrons. The van der Waals surface area contributed by atoms with Gasteiger partial charge in [-0.3, -0.25) is 0 Å². The monoisotopic (exact) mass is 243 g/mol. The minimum Gasteiger partial charge on any atom is -0.394 e. The van der Waals surface area contributed by atoms with Gasteiger partial charge in [0.05, 0.1) is 12.7 Å². The molecule has 3 atom stereocenters. The molecule has 1 saturated carbocycles. The molecule has 3 nitrogen and oxygen atoms in total. The normalized spacial score (nSPS) is 28.9. The summed E-state index contributed by atoms with van der Waals surface area (Å²) in [4.78, 5) is 0. The summed E-state index contributed by atoms with van der Waals surface area (Å²) in [6, 6.07) is 0. The summed E-state index contributed by atoms with van der Waals surface area (Å²) >= 11 is 0. The van der Waals surface area contributed by atoms with Gasteiger partial charge in [-0.2, -0.15) is 0 Å². The highest BCUT2D eigenvalue weighted by Gasteiger charge is 2.24. The summed E-state index contributed by atoms with van der Waals surface area (Å²) in [5.74, 6) is 0.755. The molecule has 0 aromatic carbocycles. The van der Waals surface area contributed by atoms with Crippen molar-refractivity contribution in [3.63, 3.8) is 0 Å². The standard InChI is InChI=1S/C14H29NO2/c1-3-12-7-4-5-8-13(12)17-10-6-9-14(2,15)11-16/h12-13,16H,3-11,15H2,1-2H3. The van der Waals surface area contributed by atoms with Gasteiger partial charge in [0, 0.05) is 12.1 Å². The summed E-state index contributed by atoms with van der Waals surface area (Å²) in [5, 5.41) is 9.06. The highest BCUT2D eigenvalue weighted by Crippen LogP contribution is 2.29. The van der Waals surface area contributed by atoms with Gasteiger partial charge in [-0.1, -0.05) is 26.2 Å². The summed E-state index contributed by atoms with van der Waals surface area (Å²) in [5.41, 5.74) is 5.44. The maximum absolute atomic E-state index is 9.06. The molecule has 0 aromatic rings. The highest BCUT2D eigenvalue weighted by molar-refractivity contribution is 4.78. The van der Waals surface area contributed by atoms with Crippen LogP contribution in [0.2, 0.25) is 0 Å². The van der Waals surface area contributed by atoms with E-state index in [4.69, 9.17) is 15.6 Å². The molecular formula is C14H29NO2. The number of aliphatic hydroxyl groups is 1. The van der Waals surface area contributed by atoms with Crippen LogP contribution in [0, 0.1) is 5.92 Å². The first kappa shape index (κ1) is 14.9. The van der Waals surface area contributed by atoms with Gasteiger partial charge in [0.25, 0.3) is 0 Å². The van der Waals surface area contributed by atoms with Crippen LogP contribution in [-0.2, 0) is 4.74 Å². The zero-order chi connectivity index (χ0) is 12.7. The summed E-state index contributed by atoms with van der Waals surface area (Å²) < 4.78 is 5.99. The first-order chi connectivity index (χ1) is 8.09. The fraction of sp³-hybridized carbons (Fsp3) is 1.00. The summed E-state index contributed by atoms with van der Waals surface area (Å²) in [6.07, 6.45) is 8.69. The van der Waals surface area contributed by atoms with Crippen LogP contribution in [-0.4, -0.2) is 30.0 Å². The molecule has 3 heteroatoms. The van der Waals surface area contributed by atoms with Crippen LogP contribution in [0.4, 0.5) is 0 Å². The quantitative estimate of drug-likeness (QED) is 0.675. The molecule has 0 heterocycles. The Balaban J connectivity index is 2.16. The number of hydrogen-bond acceptors (Lipinski definition) is 3. The molecule has 1 aliphatic carbocycles. The Labute approximate surface area is 106 Å². The largest absolute Gasteiger partial charge is 0.394 e. The Bertz CT molecular complexity index is 206. The molecule has 0 amide bonds. The fourth-order valence-corrected chi connectivity index (χ4v) is 2.65. The molecule has 0 spiro atoms. The number of ether oxygens (including phenoxy) is 1. The average Bonchev–Trinajstić information content (AvgIpc) is 2.35. The molecule has 17 heavy (non-hydrogen) atoms. The second kappa shape index (κ2) is 7.34. The second-order valence-electron chi connectivity index (χ2n) is 5.78. The first-order valence-electron chi connectivity index (χ1n) is 7.10. The number of hydrogen-bond donors (Lipinski definition) is 2. The highest BCUT2D eigenvalue weighted by atomic mass is 16.5. The molecule has 1 fully saturated rings. The fourth-order valence-electron chi connectivity index (χ4n) is 2.65. The van der Waals surface area contributed by atoms with Crippen molar-refractivity contribution in [1.82, 2.24) is 0 Å². The van der Waals surface area contributed by atoms with Crippen molar-refractivity contribution in [1.29, 1.82) is 0 Å². The predicted molar refractivity (Wildman–Crippen MR) is 70.9 cm³/mol. The lowest BCUT2D eigenvalue weighted by molar-refractivity contribution is -0.0153. The third-order valence-corrected chi connectivity index (χ3v) is 3.95. The lowest BCUT2D eigenvalue weighted by Crippen LogP contribution is -2.40. The number of nitrogens with two attached hydrogens (primary N) is 1. The lowest BCUT2D eigenvalue weighted by atomic mass is 9.85. The van der Waals surface area contributed by atoms with Gasteiger partial charge in [0.1, 0.15) is 0 Å². The SMILES string of the molecule is CCC1CCCCC1OCCCC(C)(N)CO. The zero-order valence-electron chi connectivity index (χ0n) is 11.5. The van der Waals surface area contributed by atoms with E-state index in [2.05, 4.69) is 6.92 Å². The Morgan fingerprint density at radius 1 is 1.35 bits per heavy atom. The van der Waals surface area contributed by atoms with Gasteiger partial charge < -0.3 is 15.6 Å². The smallest absolute Gasteiger partial charge is 0.0608 e. The van der Waals surface area contributed by atoms with Crippen LogP contribution < -0.4 is 5.73 Å². The van der Waals surface area contributed by atoms with Crippen molar-refractivity contribution in [3.05, 3.63) is 0 Å². The zero-order valence-corrected chi connectivity index (χ0v) is 11.5. The van der Waals surface area contributed by atoms with Crippen molar-refractivity contribution < 1.29 is 9.84 Å². The predicted octanol–water partition coefficient (Wildman–Crippen LogP) is 2.46. The minimum absolute atomic E-state index is 0.0496. The third kappa shape index (κ3) is 5.36. The van der Waals surface area contributed by atoms with Crippen LogP contribution in [0.1, 0.15) is 58.8 Å². The van der Waals surface area contributed by atoms with Gasteiger partial charge in [-0.25, -0.2) is 0 Å². The van der Waals surface area contributed by atoms with Crippen molar-refractivity contribution in [2.24, 2.45) is 11.7 Å². The van der Waals surface area contributed by atoms with Crippen LogP contribution >= 0.6 is 0 Å². The van der Waals surface area contributed by atoms with E-state index >= 15 is 0 Å². The van der Waals surface area contributed by atoms with Crippen LogP contribution in [0.5, 0.6) is 0 Å². The van der Waals surface area contributed by atoms with Crippen LogP contribution in [0.25, 0.3) is 0 Å². The molecule has 0 aromatic heterocycles. The van der Waals surface area contributed by atoms with E-state index < -0.39 is 5.54 Å². The van der Waals surface area contributed by atoms with Gasteiger partial charge in [0.15, 0.2) is 0 Å². The molecule has 3 N–H and O–H groups in total. The van der Waals surface area contributed by atoms with E-state index in [9.17, 15) is 0 Å². The van der Waals surface area contributed by atoms with Crippen molar-refractivity contribution >= 4 is 0 Å². The van der Waals surface area contributed by atoms with E-state index in [1.807, 2.05) is 6.92 Å². The van der Waals surface area contributed by atoms with Crippen molar-refractivity contribution in [2.75, 3.05) is 13.2 Å². The topological polar surface area (TPSA) is 55.5 Å². The van der Waals surface area contributed by atoms with Gasteiger partial charge in [-0.15, -0.1) is 0 Å². The maximum atomic E-state index is 9.06. The average molecular weight is 243 g/mol. The molecular weight excluding hydrogens is 214 g/mol. The third-order valence-electron chi connectivity index (χ3n) is 3.95. The first-order valence-corrected chi connectivity index (χ1v) is 7.10. The lowest BCUT2D eigenvalue weighted by Gasteiger charge is -2.31. The minimum atomic E-state index is -0.444. The molecule has 3 unspecified atom stereocenters. The second-order valence-corrected chi connectivity index (χ2v) is 5.78. The molecule has 1 rings (SSSR count). The Morgan fingerprint density at radius 2 is 2.06 bits per heavy atom. The Hall–Kier alpha value is -0.120. The van der Waals surface area contributed by atoms with Gasteiger partial charge in [0.2, 0.25) is 0 Å². The summed E-state index contributed by atoms with van der Waals surface area (Å²) in [7, 11) is 0. The number of rotatable bonds is 7. The molecule has 0 saturated heterocycles. The van der Waals surface area contributed by atoms with Crippen molar-refractivity contribution in [3.8, 4) is 0 Å². The van der Waals surface area contributed by atoms with Gasteiger partial charge >= 0.3 is 0 Å². The van der Waals surface area contributed by atoms with E-state index in [0.29, 0.717) is 6.10 Å². The van der Waals surface area contributed by atoms with Crippen molar-refractivity contribution in [2.45, 2.75) is 70.4 Å². The van der Waals surface area contributed by atoms with E-state index in [0.717, 1.165) is 25.4 Å². The number of aliphatic hydroxyl groups excluding tert-OH is 1. The maximum Gasteiger partial charge on any atom is 0.0608 e. The van der Waals surface area contributed by atoms with E-state index in [-0.39, 0.29) is 6.61 Å². The van der Waals surface area contributed by atoms with E-state index in [1.165, 1.54) is 32.1 Å². The molecule has 1 aliphatic rings. The van der Waals surface area contributed by atoms with Gasteiger partial charge in [-0.05, 0) is 38.5 Å². The van der Waals surface area contributed by atoms with E-state index in [1.54, 1.807) is 0 Å². The molecule has 0 aliphatic heterocycles. The Morgan fingerprint density at radius 3 is 2.71 bits per heavy atom. The Kier molecular flexibility index (Phi) is 6.45. The van der Waals surface area contributed by atoms with Crippen LogP contribution in [0.15, 0.2) is 0 Å². The molecule has 102 valence electrons.